The first-order valence-corrected chi connectivity index (χ1v) is 8.50. The van der Waals surface area contributed by atoms with Gasteiger partial charge in [0.15, 0.2) is 0 Å². The summed E-state index contributed by atoms with van der Waals surface area (Å²) in [5.41, 5.74) is 9.19. The summed E-state index contributed by atoms with van der Waals surface area (Å²) < 4.78 is 1.07. The Kier molecular flexibility index (Phi) is 4.57. The molecule has 1 aliphatic heterocycles. The molecule has 120 valence electrons. The smallest absolute Gasteiger partial charge is 0.251 e. The minimum atomic E-state index is -0.0440. The quantitative estimate of drug-likeness (QED) is 0.811. The molecule has 1 aliphatic rings. The predicted octanol–water partition coefficient (Wildman–Crippen LogP) is 3.35. The number of nitrogens with zero attached hydrogens (tertiary/aromatic N) is 1. The first-order valence-electron chi connectivity index (χ1n) is 7.70. The monoisotopic (exact) mass is 373 g/mol. The highest BCUT2D eigenvalue weighted by atomic mass is 79.9. The molecule has 0 radical (unpaired) electrons. The number of nitrogen functional groups attached to an aromatic ring is 1. The summed E-state index contributed by atoms with van der Waals surface area (Å²) >= 11 is 3.45. The van der Waals surface area contributed by atoms with Crippen LogP contribution in [0.4, 0.5) is 11.4 Å². The van der Waals surface area contributed by atoms with E-state index in [1.165, 1.54) is 5.69 Å². The predicted molar refractivity (Wildman–Crippen MR) is 97.8 cm³/mol. The second-order valence-corrected chi connectivity index (χ2v) is 6.87. The summed E-state index contributed by atoms with van der Waals surface area (Å²) in [6.07, 6.45) is 0.948. The number of nitrogens with one attached hydrogen (secondary N) is 1. The molecule has 0 aliphatic carbocycles. The van der Waals surface area contributed by atoms with Crippen molar-refractivity contribution in [1.29, 1.82) is 0 Å². The minimum absolute atomic E-state index is 0.0440. The SMILES string of the molecule is Cc1ccc(N)cc1C(=O)NC1CCN(c2ccc(Br)cc2)C1. The van der Waals surface area contributed by atoms with Gasteiger partial charge in [-0.3, -0.25) is 4.79 Å². The highest BCUT2D eigenvalue weighted by molar-refractivity contribution is 9.10. The number of aryl methyl sites for hydroxylation is 1. The summed E-state index contributed by atoms with van der Waals surface area (Å²) in [6, 6.07) is 13.9. The van der Waals surface area contributed by atoms with Gasteiger partial charge in [-0.2, -0.15) is 0 Å². The van der Waals surface area contributed by atoms with Gasteiger partial charge < -0.3 is 16.0 Å². The Hall–Kier alpha value is -2.01. The van der Waals surface area contributed by atoms with Crippen molar-refractivity contribution in [3.8, 4) is 0 Å². The third kappa shape index (κ3) is 3.67. The lowest BCUT2D eigenvalue weighted by atomic mass is 10.1. The lowest BCUT2D eigenvalue weighted by molar-refractivity contribution is 0.0940. The van der Waals surface area contributed by atoms with E-state index in [0.717, 1.165) is 29.5 Å². The number of carbonyl (C=O) groups excluding carboxylic acids is 1. The Bertz CT molecular complexity index is 715. The average molecular weight is 374 g/mol. The van der Waals surface area contributed by atoms with E-state index in [4.69, 9.17) is 5.73 Å². The zero-order chi connectivity index (χ0) is 16.4. The van der Waals surface area contributed by atoms with Crippen molar-refractivity contribution < 1.29 is 4.79 Å². The molecule has 3 N–H and O–H groups in total. The molecule has 1 heterocycles. The van der Waals surface area contributed by atoms with Gasteiger partial charge in [-0.1, -0.05) is 22.0 Å². The van der Waals surface area contributed by atoms with Crippen LogP contribution in [0, 0.1) is 6.92 Å². The summed E-state index contributed by atoms with van der Waals surface area (Å²) in [7, 11) is 0. The third-order valence-electron chi connectivity index (χ3n) is 4.22. The Balaban J connectivity index is 1.64. The Morgan fingerprint density at radius 3 is 2.74 bits per heavy atom. The van der Waals surface area contributed by atoms with Crippen LogP contribution in [0.3, 0.4) is 0 Å². The summed E-state index contributed by atoms with van der Waals surface area (Å²) in [4.78, 5) is 14.8. The average Bonchev–Trinajstić information content (AvgIpc) is 2.99. The van der Waals surface area contributed by atoms with Crippen LogP contribution in [0.5, 0.6) is 0 Å². The van der Waals surface area contributed by atoms with Crippen molar-refractivity contribution in [2.75, 3.05) is 23.7 Å². The van der Waals surface area contributed by atoms with Crippen molar-refractivity contribution in [1.82, 2.24) is 5.32 Å². The van der Waals surface area contributed by atoms with Crippen LogP contribution < -0.4 is 16.0 Å². The summed E-state index contributed by atoms with van der Waals surface area (Å²) in [5, 5.41) is 3.13. The molecule has 0 aromatic heterocycles. The molecular weight excluding hydrogens is 354 g/mol. The standard InChI is InChI=1S/C18H20BrN3O/c1-12-2-5-14(20)10-17(12)18(23)21-15-8-9-22(11-15)16-6-3-13(19)4-7-16/h2-7,10,15H,8-9,11,20H2,1H3,(H,21,23). The molecule has 1 saturated heterocycles. The van der Waals surface area contributed by atoms with E-state index in [1.54, 1.807) is 6.07 Å². The van der Waals surface area contributed by atoms with Gasteiger partial charge in [0.25, 0.3) is 5.91 Å². The minimum Gasteiger partial charge on any atom is -0.399 e. The third-order valence-corrected chi connectivity index (χ3v) is 4.75. The molecule has 1 unspecified atom stereocenters. The van der Waals surface area contributed by atoms with Gasteiger partial charge in [-0.15, -0.1) is 0 Å². The van der Waals surface area contributed by atoms with E-state index < -0.39 is 0 Å². The maximum atomic E-state index is 12.5. The number of benzene rings is 2. The van der Waals surface area contributed by atoms with Crippen LogP contribution in [0.2, 0.25) is 0 Å². The van der Waals surface area contributed by atoms with E-state index >= 15 is 0 Å². The van der Waals surface area contributed by atoms with Gasteiger partial charge in [0.2, 0.25) is 0 Å². The maximum Gasteiger partial charge on any atom is 0.251 e. The molecule has 2 aromatic rings. The molecule has 0 saturated carbocycles. The van der Waals surface area contributed by atoms with Crippen LogP contribution in [0.1, 0.15) is 22.3 Å². The van der Waals surface area contributed by atoms with Crippen LogP contribution in [0.25, 0.3) is 0 Å². The topological polar surface area (TPSA) is 58.4 Å². The van der Waals surface area contributed by atoms with Crippen molar-refractivity contribution in [2.24, 2.45) is 0 Å². The fraction of sp³-hybridized carbons (Fsp3) is 0.278. The second kappa shape index (κ2) is 6.62. The number of anilines is 2. The molecule has 5 heteroatoms. The van der Waals surface area contributed by atoms with Gasteiger partial charge in [-0.05, 0) is 55.3 Å². The normalized spacial score (nSPS) is 17.3. The molecule has 3 rings (SSSR count). The van der Waals surface area contributed by atoms with E-state index in [-0.39, 0.29) is 11.9 Å². The number of nitrogens with two attached hydrogens (primary N) is 1. The van der Waals surface area contributed by atoms with E-state index in [9.17, 15) is 4.79 Å². The van der Waals surface area contributed by atoms with E-state index in [0.29, 0.717) is 11.3 Å². The van der Waals surface area contributed by atoms with Crippen LogP contribution in [0.15, 0.2) is 46.9 Å². The first-order chi connectivity index (χ1) is 11.0. The number of hydrogen-bond acceptors (Lipinski definition) is 3. The Labute approximate surface area is 144 Å². The second-order valence-electron chi connectivity index (χ2n) is 5.96. The van der Waals surface area contributed by atoms with Crippen LogP contribution >= 0.6 is 15.9 Å². The lowest BCUT2D eigenvalue weighted by Gasteiger charge is -2.19. The highest BCUT2D eigenvalue weighted by Gasteiger charge is 2.24. The zero-order valence-corrected chi connectivity index (χ0v) is 14.6. The molecular formula is C18H20BrN3O. The first kappa shape index (κ1) is 15.9. The maximum absolute atomic E-state index is 12.5. The number of amides is 1. The van der Waals surface area contributed by atoms with Gasteiger partial charge >= 0.3 is 0 Å². The van der Waals surface area contributed by atoms with Crippen molar-refractivity contribution in [3.63, 3.8) is 0 Å². The molecule has 0 bridgehead atoms. The van der Waals surface area contributed by atoms with Gasteiger partial charge in [-0.25, -0.2) is 0 Å². The van der Waals surface area contributed by atoms with Gasteiger partial charge in [0, 0.05) is 40.5 Å². The van der Waals surface area contributed by atoms with Gasteiger partial charge in [0.1, 0.15) is 0 Å². The lowest BCUT2D eigenvalue weighted by Crippen LogP contribution is -2.37. The Morgan fingerprint density at radius 1 is 1.26 bits per heavy atom. The van der Waals surface area contributed by atoms with Crippen molar-refractivity contribution >= 4 is 33.2 Å². The zero-order valence-electron chi connectivity index (χ0n) is 13.1. The Morgan fingerprint density at radius 2 is 2.00 bits per heavy atom. The number of rotatable bonds is 3. The largest absolute Gasteiger partial charge is 0.399 e. The molecule has 2 aromatic carbocycles. The molecule has 1 atom stereocenters. The molecule has 0 spiro atoms. The molecule has 1 amide bonds. The van der Waals surface area contributed by atoms with Gasteiger partial charge in [0.05, 0.1) is 0 Å². The number of carbonyl (C=O) groups is 1. The summed E-state index contributed by atoms with van der Waals surface area (Å²) in [6.45, 7) is 3.70. The highest BCUT2D eigenvalue weighted by Crippen LogP contribution is 2.23. The summed E-state index contributed by atoms with van der Waals surface area (Å²) in [5.74, 6) is -0.0440. The van der Waals surface area contributed by atoms with Crippen molar-refractivity contribution in [2.45, 2.75) is 19.4 Å². The van der Waals surface area contributed by atoms with Crippen LogP contribution in [-0.4, -0.2) is 25.0 Å². The molecule has 1 fully saturated rings. The number of hydrogen-bond donors (Lipinski definition) is 2. The van der Waals surface area contributed by atoms with Crippen molar-refractivity contribution in [3.05, 3.63) is 58.1 Å². The fourth-order valence-electron chi connectivity index (χ4n) is 2.91. The van der Waals surface area contributed by atoms with E-state index in [1.807, 2.05) is 31.2 Å². The fourth-order valence-corrected chi connectivity index (χ4v) is 3.18. The molecule has 23 heavy (non-hydrogen) atoms. The number of halogens is 1. The van der Waals surface area contributed by atoms with E-state index in [2.05, 4.69) is 38.3 Å². The van der Waals surface area contributed by atoms with Crippen LogP contribution in [-0.2, 0) is 0 Å². The molecule has 4 nitrogen and oxygen atoms in total.